The third kappa shape index (κ3) is 2.33. The van der Waals surface area contributed by atoms with Gasteiger partial charge in [-0.1, -0.05) is 48.6 Å². The Kier molecular flexibility index (Phi) is 2.83. The second-order valence-corrected chi connectivity index (χ2v) is 4.67. The number of rotatable bonds is 2. The van der Waals surface area contributed by atoms with Crippen molar-refractivity contribution in [2.24, 2.45) is 0 Å². The molecule has 1 nitrogen and oxygen atoms in total. The van der Waals surface area contributed by atoms with E-state index in [2.05, 4.69) is 60.0 Å². The number of allylic oxidation sites excluding steroid dienone is 3. The van der Waals surface area contributed by atoms with Gasteiger partial charge in [0.1, 0.15) is 0 Å². The predicted octanol–water partition coefficient (Wildman–Crippen LogP) is 3.45. The molecule has 1 atom stereocenters. The molecule has 0 aliphatic heterocycles. The predicted molar refractivity (Wildman–Crippen MR) is 72.6 cm³/mol. The lowest BCUT2D eigenvalue weighted by molar-refractivity contribution is 0.645. The normalized spacial score (nSPS) is 21.9. The first-order chi connectivity index (χ1) is 8.42. The van der Waals surface area contributed by atoms with Gasteiger partial charge in [-0.25, -0.2) is 0 Å². The molecule has 0 spiro atoms. The van der Waals surface area contributed by atoms with E-state index in [4.69, 9.17) is 0 Å². The van der Waals surface area contributed by atoms with Gasteiger partial charge in [0.2, 0.25) is 0 Å². The topological polar surface area (TPSA) is 12.0 Å². The van der Waals surface area contributed by atoms with Crippen molar-refractivity contribution < 1.29 is 0 Å². The molecule has 1 aromatic carbocycles. The van der Waals surface area contributed by atoms with Crippen molar-refractivity contribution in [2.75, 3.05) is 0 Å². The summed E-state index contributed by atoms with van der Waals surface area (Å²) in [5, 5.41) is 3.62. The van der Waals surface area contributed by atoms with Crippen LogP contribution in [0.15, 0.2) is 54.3 Å². The first kappa shape index (κ1) is 10.4. The Morgan fingerprint density at radius 2 is 2.00 bits per heavy atom. The summed E-state index contributed by atoms with van der Waals surface area (Å²) in [6.07, 6.45) is 14.4. The van der Waals surface area contributed by atoms with Gasteiger partial charge in [0, 0.05) is 11.7 Å². The van der Waals surface area contributed by atoms with Crippen molar-refractivity contribution in [1.29, 1.82) is 0 Å². The summed E-state index contributed by atoms with van der Waals surface area (Å²) in [5.41, 5.74) is 4.21. The molecule has 1 unspecified atom stereocenters. The second kappa shape index (κ2) is 4.62. The van der Waals surface area contributed by atoms with Gasteiger partial charge in [0.25, 0.3) is 0 Å². The maximum atomic E-state index is 3.62. The van der Waals surface area contributed by atoms with E-state index in [-0.39, 0.29) is 0 Å². The molecule has 1 heteroatoms. The standard InChI is InChI=1S/C16H17N/c1-2-8-15(9-3-1)17-16-11-10-13-6-4-5-7-14(13)12-16/h1-8,12,15,17H,9-11H2. The van der Waals surface area contributed by atoms with Crippen molar-refractivity contribution in [1.82, 2.24) is 5.32 Å². The van der Waals surface area contributed by atoms with Gasteiger partial charge < -0.3 is 5.32 Å². The summed E-state index contributed by atoms with van der Waals surface area (Å²) < 4.78 is 0. The molecule has 0 saturated heterocycles. The van der Waals surface area contributed by atoms with E-state index < -0.39 is 0 Å². The number of fused-ring (bicyclic) bond motifs is 1. The minimum absolute atomic E-state index is 0.469. The average molecular weight is 223 g/mol. The molecule has 2 aliphatic rings. The van der Waals surface area contributed by atoms with Gasteiger partial charge in [0.05, 0.1) is 0 Å². The van der Waals surface area contributed by atoms with E-state index in [0.717, 1.165) is 19.3 Å². The first-order valence-corrected chi connectivity index (χ1v) is 6.30. The molecule has 86 valence electrons. The number of hydrogen-bond donors (Lipinski definition) is 1. The summed E-state index contributed by atoms with van der Waals surface area (Å²) in [5.74, 6) is 0. The van der Waals surface area contributed by atoms with Crippen LogP contribution in [-0.2, 0) is 6.42 Å². The molecule has 0 amide bonds. The van der Waals surface area contributed by atoms with E-state index in [1.54, 1.807) is 0 Å². The van der Waals surface area contributed by atoms with Crippen LogP contribution in [-0.4, -0.2) is 6.04 Å². The van der Waals surface area contributed by atoms with Gasteiger partial charge in [-0.05, 0) is 36.5 Å². The molecule has 0 fully saturated rings. The minimum atomic E-state index is 0.469. The van der Waals surface area contributed by atoms with E-state index in [0.29, 0.717) is 6.04 Å². The van der Waals surface area contributed by atoms with Gasteiger partial charge in [0.15, 0.2) is 0 Å². The molecule has 1 N–H and O–H groups in total. The molecule has 0 aromatic heterocycles. The number of aryl methyl sites for hydroxylation is 1. The highest BCUT2D eigenvalue weighted by atomic mass is 14.9. The number of nitrogens with one attached hydrogen (secondary N) is 1. The highest BCUT2D eigenvalue weighted by Crippen LogP contribution is 2.23. The SMILES string of the molecule is C1=CCC(NC2=Cc3ccccc3CC2)C=C1. The Morgan fingerprint density at radius 3 is 2.88 bits per heavy atom. The molecule has 0 saturated carbocycles. The second-order valence-electron chi connectivity index (χ2n) is 4.67. The Hall–Kier alpha value is -1.76. The molecular weight excluding hydrogens is 206 g/mol. The monoisotopic (exact) mass is 223 g/mol. The van der Waals surface area contributed by atoms with Crippen LogP contribution in [0, 0.1) is 0 Å². The van der Waals surface area contributed by atoms with Crippen molar-refractivity contribution in [2.45, 2.75) is 25.3 Å². The minimum Gasteiger partial charge on any atom is -0.382 e. The Bertz CT molecular complexity index is 494. The van der Waals surface area contributed by atoms with Crippen LogP contribution >= 0.6 is 0 Å². The van der Waals surface area contributed by atoms with E-state index >= 15 is 0 Å². The maximum absolute atomic E-state index is 3.62. The lowest BCUT2D eigenvalue weighted by atomic mass is 9.95. The van der Waals surface area contributed by atoms with Crippen LogP contribution < -0.4 is 5.32 Å². The molecule has 3 rings (SSSR count). The fourth-order valence-electron chi connectivity index (χ4n) is 2.47. The quantitative estimate of drug-likeness (QED) is 0.809. The molecule has 0 radical (unpaired) electrons. The Morgan fingerprint density at radius 1 is 1.06 bits per heavy atom. The molecule has 2 aliphatic carbocycles. The summed E-state index contributed by atoms with van der Waals surface area (Å²) in [4.78, 5) is 0. The van der Waals surface area contributed by atoms with Crippen molar-refractivity contribution >= 4 is 6.08 Å². The van der Waals surface area contributed by atoms with Crippen LogP contribution in [0.2, 0.25) is 0 Å². The zero-order valence-corrected chi connectivity index (χ0v) is 9.89. The Balaban J connectivity index is 1.75. The molecule has 17 heavy (non-hydrogen) atoms. The summed E-state index contributed by atoms with van der Waals surface area (Å²) >= 11 is 0. The Labute approximate surface area is 103 Å². The van der Waals surface area contributed by atoms with Gasteiger partial charge in [-0.15, -0.1) is 0 Å². The van der Waals surface area contributed by atoms with E-state index in [9.17, 15) is 0 Å². The third-order valence-corrected chi connectivity index (χ3v) is 3.40. The maximum Gasteiger partial charge on any atom is 0.0479 e. The average Bonchev–Trinajstić information content (AvgIpc) is 2.40. The highest BCUT2D eigenvalue weighted by molar-refractivity contribution is 5.59. The largest absolute Gasteiger partial charge is 0.382 e. The van der Waals surface area contributed by atoms with Crippen LogP contribution in [0.25, 0.3) is 6.08 Å². The van der Waals surface area contributed by atoms with Crippen LogP contribution in [0.4, 0.5) is 0 Å². The van der Waals surface area contributed by atoms with Crippen molar-refractivity contribution in [3.63, 3.8) is 0 Å². The van der Waals surface area contributed by atoms with Crippen LogP contribution in [0.3, 0.4) is 0 Å². The van der Waals surface area contributed by atoms with E-state index in [1.165, 1.54) is 16.8 Å². The van der Waals surface area contributed by atoms with Crippen LogP contribution in [0.1, 0.15) is 24.0 Å². The summed E-state index contributed by atoms with van der Waals surface area (Å²) in [7, 11) is 0. The first-order valence-electron chi connectivity index (χ1n) is 6.30. The molecular formula is C16H17N. The lowest BCUT2D eigenvalue weighted by Gasteiger charge is -2.22. The van der Waals surface area contributed by atoms with Crippen molar-refractivity contribution in [3.05, 3.63) is 65.4 Å². The summed E-state index contributed by atoms with van der Waals surface area (Å²) in [6.45, 7) is 0. The molecule has 0 bridgehead atoms. The smallest absolute Gasteiger partial charge is 0.0479 e. The van der Waals surface area contributed by atoms with Gasteiger partial charge in [-0.2, -0.15) is 0 Å². The lowest BCUT2D eigenvalue weighted by Crippen LogP contribution is -2.27. The van der Waals surface area contributed by atoms with Crippen LogP contribution in [0.5, 0.6) is 0 Å². The summed E-state index contributed by atoms with van der Waals surface area (Å²) in [6, 6.07) is 9.14. The fourth-order valence-corrected chi connectivity index (χ4v) is 2.47. The van der Waals surface area contributed by atoms with Gasteiger partial charge in [-0.3, -0.25) is 0 Å². The van der Waals surface area contributed by atoms with Gasteiger partial charge >= 0.3 is 0 Å². The number of benzene rings is 1. The number of hydrogen-bond acceptors (Lipinski definition) is 1. The third-order valence-electron chi connectivity index (χ3n) is 3.40. The molecule has 1 aromatic rings. The molecule has 0 heterocycles. The highest BCUT2D eigenvalue weighted by Gasteiger charge is 2.12. The van der Waals surface area contributed by atoms with Crippen molar-refractivity contribution in [3.8, 4) is 0 Å². The zero-order valence-electron chi connectivity index (χ0n) is 9.89. The van der Waals surface area contributed by atoms with E-state index in [1.807, 2.05) is 0 Å². The fraction of sp³-hybridized carbons (Fsp3) is 0.250. The zero-order chi connectivity index (χ0) is 11.5.